The quantitative estimate of drug-likeness (QED) is 0.888. The third-order valence-corrected chi connectivity index (χ3v) is 4.60. The molecule has 0 amide bonds. The molecule has 1 fully saturated rings. The summed E-state index contributed by atoms with van der Waals surface area (Å²) in [6.45, 7) is 5.03. The molecule has 0 spiro atoms. The predicted octanol–water partition coefficient (Wildman–Crippen LogP) is 3.35. The first-order valence-corrected chi connectivity index (χ1v) is 7.54. The van der Waals surface area contributed by atoms with Crippen molar-refractivity contribution in [1.82, 2.24) is 5.32 Å². The molecule has 1 unspecified atom stereocenters. The fourth-order valence-electron chi connectivity index (χ4n) is 2.46. The van der Waals surface area contributed by atoms with Crippen LogP contribution < -0.4 is 5.32 Å². The third-order valence-electron chi connectivity index (χ3n) is 3.35. The van der Waals surface area contributed by atoms with Gasteiger partial charge in [-0.05, 0) is 43.9 Å². The second kappa shape index (κ2) is 6.74. The predicted molar refractivity (Wildman–Crippen MR) is 74.0 cm³/mol. The average Bonchev–Trinajstić information content (AvgIpc) is 2.75. The van der Waals surface area contributed by atoms with E-state index < -0.39 is 0 Å². The van der Waals surface area contributed by atoms with E-state index in [4.69, 9.17) is 16.3 Å². The van der Waals surface area contributed by atoms with Crippen molar-refractivity contribution < 1.29 is 4.74 Å². The Morgan fingerprint density at radius 2 is 2.24 bits per heavy atom. The number of halogens is 1. The van der Waals surface area contributed by atoms with Gasteiger partial charge in [-0.25, -0.2) is 0 Å². The number of thiophene rings is 1. The Labute approximate surface area is 112 Å². The van der Waals surface area contributed by atoms with Gasteiger partial charge in [-0.15, -0.1) is 11.3 Å². The van der Waals surface area contributed by atoms with Crippen LogP contribution in [0.2, 0.25) is 4.34 Å². The molecule has 0 aliphatic carbocycles. The fraction of sp³-hybridized carbons (Fsp3) is 0.692. The summed E-state index contributed by atoms with van der Waals surface area (Å²) in [5.74, 6) is 0.740. The summed E-state index contributed by atoms with van der Waals surface area (Å²) in [5.41, 5.74) is 0. The molecule has 1 atom stereocenters. The van der Waals surface area contributed by atoms with E-state index in [-0.39, 0.29) is 0 Å². The lowest BCUT2D eigenvalue weighted by molar-refractivity contribution is 0.0541. The van der Waals surface area contributed by atoms with E-state index >= 15 is 0 Å². The van der Waals surface area contributed by atoms with Gasteiger partial charge in [0, 0.05) is 24.1 Å². The van der Waals surface area contributed by atoms with E-state index in [0.717, 1.165) is 36.4 Å². The van der Waals surface area contributed by atoms with E-state index in [1.807, 2.05) is 6.07 Å². The number of likely N-dealkylation sites (N-methyl/N-ethyl adjacent to an activating group) is 1. The van der Waals surface area contributed by atoms with Crippen LogP contribution in [-0.2, 0) is 11.2 Å². The van der Waals surface area contributed by atoms with Crippen LogP contribution in [0.25, 0.3) is 0 Å². The van der Waals surface area contributed by atoms with Gasteiger partial charge in [0.25, 0.3) is 0 Å². The van der Waals surface area contributed by atoms with Crippen molar-refractivity contribution >= 4 is 22.9 Å². The molecule has 1 aromatic rings. The summed E-state index contributed by atoms with van der Waals surface area (Å²) < 4.78 is 6.33. The van der Waals surface area contributed by atoms with Crippen LogP contribution in [0.5, 0.6) is 0 Å². The summed E-state index contributed by atoms with van der Waals surface area (Å²) in [4.78, 5) is 1.38. The second-order valence-corrected chi connectivity index (χ2v) is 6.32. The molecule has 1 saturated heterocycles. The minimum atomic E-state index is 0.568. The van der Waals surface area contributed by atoms with Crippen LogP contribution in [-0.4, -0.2) is 25.8 Å². The molecule has 1 aromatic heterocycles. The Hall–Kier alpha value is -0.0900. The minimum Gasteiger partial charge on any atom is -0.381 e. The molecule has 2 nitrogen and oxygen atoms in total. The molecule has 0 saturated carbocycles. The van der Waals surface area contributed by atoms with E-state index in [9.17, 15) is 0 Å². The van der Waals surface area contributed by atoms with Crippen molar-refractivity contribution in [3.8, 4) is 0 Å². The van der Waals surface area contributed by atoms with Gasteiger partial charge in [-0.2, -0.15) is 0 Å². The average molecular weight is 274 g/mol. The molecule has 4 heteroatoms. The Bertz CT molecular complexity index is 336. The lowest BCUT2D eigenvalue weighted by atomic mass is 9.89. The first-order chi connectivity index (χ1) is 8.29. The van der Waals surface area contributed by atoms with Crippen LogP contribution in [0.3, 0.4) is 0 Å². The van der Waals surface area contributed by atoms with Gasteiger partial charge in [-0.3, -0.25) is 0 Å². The Balaban J connectivity index is 1.95. The number of ether oxygens (including phenoxy) is 1. The smallest absolute Gasteiger partial charge is 0.0931 e. The van der Waals surface area contributed by atoms with Gasteiger partial charge in [0.2, 0.25) is 0 Å². The fourth-order valence-corrected chi connectivity index (χ4v) is 3.61. The van der Waals surface area contributed by atoms with Gasteiger partial charge in [0.15, 0.2) is 0 Å². The van der Waals surface area contributed by atoms with Gasteiger partial charge >= 0.3 is 0 Å². The molecule has 1 aliphatic rings. The van der Waals surface area contributed by atoms with Crippen LogP contribution in [0.15, 0.2) is 12.1 Å². The highest BCUT2D eigenvalue weighted by Gasteiger charge is 2.23. The van der Waals surface area contributed by atoms with Gasteiger partial charge < -0.3 is 10.1 Å². The van der Waals surface area contributed by atoms with Gasteiger partial charge in [0.05, 0.1) is 4.34 Å². The number of hydrogen-bond donors (Lipinski definition) is 1. The standard InChI is InChI=1S/C13H20ClNOS/c1-2-15-12(10-5-7-16-8-6-10)9-11-3-4-13(14)17-11/h3-4,10,12,15H,2,5-9H2,1H3. The first kappa shape index (κ1) is 13.3. The molecule has 0 bridgehead atoms. The summed E-state index contributed by atoms with van der Waals surface area (Å²) >= 11 is 7.68. The van der Waals surface area contributed by atoms with Crippen LogP contribution in [0.1, 0.15) is 24.6 Å². The van der Waals surface area contributed by atoms with Gasteiger partial charge in [0.1, 0.15) is 0 Å². The Kier molecular flexibility index (Phi) is 5.29. The summed E-state index contributed by atoms with van der Waals surface area (Å²) in [7, 11) is 0. The molecule has 17 heavy (non-hydrogen) atoms. The van der Waals surface area contributed by atoms with Crippen molar-refractivity contribution in [1.29, 1.82) is 0 Å². The second-order valence-electron chi connectivity index (χ2n) is 4.52. The zero-order valence-electron chi connectivity index (χ0n) is 10.2. The van der Waals surface area contributed by atoms with Crippen LogP contribution >= 0.6 is 22.9 Å². The van der Waals surface area contributed by atoms with Gasteiger partial charge in [-0.1, -0.05) is 18.5 Å². The summed E-state index contributed by atoms with van der Waals surface area (Å²) in [5, 5.41) is 3.62. The molecule has 0 aromatic carbocycles. The molecule has 0 radical (unpaired) electrons. The van der Waals surface area contributed by atoms with E-state index in [1.54, 1.807) is 11.3 Å². The Morgan fingerprint density at radius 1 is 1.47 bits per heavy atom. The zero-order chi connectivity index (χ0) is 12.1. The molecule has 96 valence electrons. The maximum absolute atomic E-state index is 5.98. The number of nitrogens with one attached hydrogen (secondary N) is 1. The number of rotatable bonds is 5. The molecule has 1 N–H and O–H groups in total. The SMILES string of the molecule is CCNC(Cc1ccc(Cl)s1)C1CCOCC1. The van der Waals surface area contributed by atoms with Crippen molar-refractivity contribution in [2.45, 2.75) is 32.2 Å². The molecular weight excluding hydrogens is 254 g/mol. The highest BCUT2D eigenvalue weighted by molar-refractivity contribution is 7.16. The monoisotopic (exact) mass is 273 g/mol. The van der Waals surface area contributed by atoms with Crippen molar-refractivity contribution in [2.75, 3.05) is 19.8 Å². The largest absolute Gasteiger partial charge is 0.381 e. The van der Waals surface area contributed by atoms with Crippen LogP contribution in [0, 0.1) is 5.92 Å². The van der Waals surface area contributed by atoms with Crippen LogP contribution in [0.4, 0.5) is 0 Å². The zero-order valence-corrected chi connectivity index (χ0v) is 11.8. The van der Waals surface area contributed by atoms with E-state index in [0.29, 0.717) is 6.04 Å². The lowest BCUT2D eigenvalue weighted by Crippen LogP contribution is -2.40. The highest BCUT2D eigenvalue weighted by atomic mass is 35.5. The first-order valence-electron chi connectivity index (χ1n) is 6.35. The Morgan fingerprint density at radius 3 is 2.82 bits per heavy atom. The lowest BCUT2D eigenvalue weighted by Gasteiger charge is -2.30. The molecule has 2 heterocycles. The van der Waals surface area contributed by atoms with Crippen molar-refractivity contribution in [2.24, 2.45) is 5.92 Å². The minimum absolute atomic E-state index is 0.568. The normalized spacial score (nSPS) is 19.4. The third kappa shape index (κ3) is 3.95. The van der Waals surface area contributed by atoms with E-state index in [2.05, 4.69) is 18.3 Å². The molecule has 1 aliphatic heterocycles. The summed E-state index contributed by atoms with van der Waals surface area (Å²) in [6, 6.07) is 4.71. The highest BCUT2D eigenvalue weighted by Crippen LogP contribution is 2.26. The number of hydrogen-bond acceptors (Lipinski definition) is 3. The molecular formula is C13H20ClNOS. The summed E-state index contributed by atoms with van der Waals surface area (Å²) in [6.07, 6.45) is 3.45. The molecule has 2 rings (SSSR count). The maximum Gasteiger partial charge on any atom is 0.0931 e. The topological polar surface area (TPSA) is 21.3 Å². The van der Waals surface area contributed by atoms with Crippen molar-refractivity contribution in [3.63, 3.8) is 0 Å². The maximum atomic E-state index is 5.98. The van der Waals surface area contributed by atoms with Crippen molar-refractivity contribution in [3.05, 3.63) is 21.3 Å². The van der Waals surface area contributed by atoms with E-state index in [1.165, 1.54) is 17.7 Å².